The maximum atomic E-state index is 13.0. The van der Waals surface area contributed by atoms with Crippen molar-refractivity contribution < 1.29 is 9.53 Å². The Morgan fingerprint density at radius 3 is 2.53 bits per heavy atom. The molecule has 2 heterocycles. The number of amides is 1. The summed E-state index contributed by atoms with van der Waals surface area (Å²) in [6.45, 7) is 7.98. The van der Waals surface area contributed by atoms with Gasteiger partial charge in [0.2, 0.25) is 5.91 Å². The van der Waals surface area contributed by atoms with Gasteiger partial charge in [0, 0.05) is 18.8 Å². The summed E-state index contributed by atoms with van der Waals surface area (Å²) >= 11 is 0. The molecule has 0 spiro atoms. The highest BCUT2D eigenvalue weighted by molar-refractivity contribution is 5.93. The van der Waals surface area contributed by atoms with Crippen LogP contribution in [0.2, 0.25) is 0 Å². The van der Waals surface area contributed by atoms with E-state index in [1.54, 1.807) is 0 Å². The number of fused-ring (bicyclic) bond motifs is 1. The number of nitrogens with zero attached hydrogens (tertiary/aromatic N) is 3. The summed E-state index contributed by atoms with van der Waals surface area (Å²) in [5, 5.41) is 3.10. The van der Waals surface area contributed by atoms with Crippen LogP contribution >= 0.6 is 0 Å². The third-order valence-electron chi connectivity index (χ3n) is 5.38. The van der Waals surface area contributed by atoms with E-state index in [9.17, 15) is 4.79 Å². The predicted octanol–water partition coefficient (Wildman–Crippen LogP) is 4.50. The molecule has 4 rings (SSSR count). The Morgan fingerprint density at radius 1 is 1.13 bits per heavy atom. The third-order valence-corrected chi connectivity index (χ3v) is 5.38. The van der Waals surface area contributed by atoms with Gasteiger partial charge in [-0.2, -0.15) is 0 Å². The van der Waals surface area contributed by atoms with Gasteiger partial charge in [-0.05, 0) is 69.0 Å². The molecule has 0 saturated carbocycles. The first kappa shape index (κ1) is 20.1. The van der Waals surface area contributed by atoms with Crippen LogP contribution in [-0.4, -0.2) is 35.6 Å². The van der Waals surface area contributed by atoms with E-state index in [2.05, 4.69) is 21.3 Å². The van der Waals surface area contributed by atoms with Crippen molar-refractivity contribution in [1.82, 2.24) is 9.97 Å². The number of aryl methyl sites for hydroxylation is 2. The summed E-state index contributed by atoms with van der Waals surface area (Å²) in [7, 11) is 0. The van der Waals surface area contributed by atoms with Crippen LogP contribution in [0.3, 0.4) is 0 Å². The topological polar surface area (TPSA) is 67.4 Å². The lowest BCUT2D eigenvalue weighted by Gasteiger charge is -2.33. The van der Waals surface area contributed by atoms with E-state index < -0.39 is 0 Å². The number of carbonyl (C=O) groups excluding carboxylic acids is 1. The zero-order chi connectivity index (χ0) is 21.1. The van der Waals surface area contributed by atoms with Gasteiger partial charge in [0.1, 0.15) is 0 Å². The van der Waals surface area contributed by atoms with Crippen LogP contribution in [0, 0.1) is 19.8 Å². The summed E-state index contributed by atoms with van der Waals surface area (Å²) < 4.78 is 5.80. The molecular formula is C24H28N4O2. The summed E-state index contributed by atoms with van der Waals surface area (Å²) in [6.07, 6.45) is 1.78. The Labute approximate surface area is 177 Å². The number of ether oxygens (including phenoxy) is 1. The summed E-state index contributed by atoms with van der Waals surface area (Å²) in [4.78, 5) is 24.6. The standard InChI is InChI=1S/C24H28N4O2/c1-4-30-24-22(26-20-9-5-6-10-21(20)27-24)28-11-7-8-18(15-28)23(29)25-19-13-16(2)12-17(3)14-19/h5-6,9-10,12-14,18H,4,7-8,11,15H2,1-3H3,(H,25,29). The second-order valence-electron chi connectivity index (χ2n) is 7.92. The number of hydrogen-bond donors (Lipinski definition) is 1. The molecule has 6 nitrogen and oxygen atoms in total. The van der Waals surface area contributed by atoms with Crippen molar-refractivity contribution in [3.8, 4) is 5.88 Å². The minimum Gasteiger partial charge on any atom is -0.475 e. The molecule has 0 aliphatic carbocycles. The average molecular weight is 405 g/mol. The fraction of sp³-hybridized carbons (Fsp3) is 0.375. The lowest BCUT2D eigenvalue weighted by Crippen LogP contribution is -2.41. The van der Waals surface area contributed by atoms with Gasteiger partial charge in [0.05, 0.1) is 23.6 Å². The van der Waals surface area contributed by atoms with Crippen LogP contribution in [0.5, 0.6) is 5.88 Å². The quantitative estimate of drug-likeness (QED) is 0.678. The van der Waals surface area contributed by atoms with E-state index in [1.165, 1.54) is 0 Å². The second-order valence-corrected chi connectivity index (χ2v) is 7.92. The molecule has 1 fully saturated rings. The van der Waals surface area contributed by atoms with Crippen molar-refractivity contribution in [3.63, 3.8) is 0 Å². The maximum Gasteiger partial charge on any atom is 0.258 e. The van der Waals surface area contributed by atoms with E-state index in [1.807, 2.05) is 57.2 Å². The van der Waals surface area contributed by atoms with Crippen LogP contribution in [0.15, 0.2) is 42.5 Å². The number of aromatic nitrogens is 2. The van der Waals surface area contributed by atoms with Crippen molar-refractivity contribution in [2.24, 2.45) is 5.92 Å². The van der Waals surface area contributed by atoms with Crippen molar-refractivity contribution >= 4 is 28.4 Å². The van der Waals surface area contributed by atoms with E-state index in [-0.39, 0.29) is 11.8 Å². The van der Waals surface area contributed by atoms with Gasteiger partial charge in [-0.1, -0.05) is 18.2 Å². The van der Waals surface area contributed by atoms with Gasteiger partial charge in [0.25, 0.3) is 5.88 Å². The highest BCUT2D eigenvalue weighted by Crippen LogP contribution is 2.31. The number of anilines is 2. The predicted molar refractivity (Wildman–Crippen MR) is 120 cm³/mol. The molecule has 3 aromatic rings. The summed E-state index contributed by atoms with van der Waals surface area (Å²) in [5.74, 6) is 1.20. The monoisotopic (exact) mass is 404 g/mol. The minimum atomic E-state index is -0.109. The number of hydrogen-bond acceptors (Lipinski definition) is 5. The number of para-hydroxylation sites is 2. The van der Waals surface area contributed by atoms with Gasteiger partial charge in [0.15, 0.2) is 5.82 Å². The zero-order valence-corrected chi connectivity index (χ0v) is 17.8. The molecule has 1 aromatic heterocycles. The molecule has 2 aromatic carbocycles. The maximum absolute atomic E-state index is 13.0. The normalized spacial score (nSPS) is 16.5. The molecule has 1 aliphatic heterocycles. The number of rotatable bonds is 5. The van der Waals surface area contributed by atoms with Crippen molar-refractivity contribution in [3.05, 3.63) is 53.6 Å². The Bertz CT molecular complexity index is 1050. The van der Waals surface area contributed by atoms with E-state index >= 15 is 0 Å². The first-order chi connectivity index (χ1) is 14.5. The first-order valence-corrected chi connectivity index (χ1v) is 10.6. The van der Waals surface area contributed by atoms with E-state index in [0.29, 0.717) is 19.0 Å². The first-order valence-electron chi connectivity index (χ1n) is 10.6. The Hall–Kier alpha value is -3.15. The van der Waals surface area contributed by atoms with E-state index in [0.717, 1.165) is 53.1 Å². The molecule has 1 amide bonds. The number of carbonyl (C=O) groups is 1. The third kappa shape index (κ3) is 4.37. The summed E-state index contributed by atoms with van der Waals surface area (Å²) in [5.41, 5.74) is 4.78. The van der Waals surface area contributed by atoms with Gasteiger partial charge < -0.3 is 15.0 Å². The fourth-order valence-corrected chi connectivity index (χ4v) is 4.09. The van der Waals surface area contributed by atoms with Crippen LogP contribution in [-0.2, 0) is 4.79 Å². The molecular weight excluding hydrogens is 376 g/mol. The highest BCUT2D eigenvalue weighted by Gasteiger charge is 2.29. The molecule has 30 heavy (non-hydrogen) atoms. The SMILES string of the molecule is CCOc1nc2ccccc2nc1N1CCCC(C(=O)Nc2cc(C)cc(C)c2)C1. The molecule has 1 N–H and O–H groups in total. The average Bonchev–Trinajstić information content (AvgIpc) is 2.73. The summed E-state index contributed by atoms with van der Waals surface area (Å²) in [6, 6.07) is 13.9. The molecule has 0 radical (unpaired) electrons. The Kier molecular flexibility index (Phi) is 5.84. The molecule has 1 aliphatic rings. The smallest absolute Gasteiger partial charge is 0.258 e. The van der Waals surface area contributed by atoms with Gasteiger partial charge >= 0.3 is 0 Å². The minimum absolute atomic E-state index is 0.0522. The largest absolute Gasteiger partial charge is 0.475 e. The molecule has 1 unspecified atom stereocenters. The second kappa shape index (κ2) is 8.69. The number of benzene rings is 2. The van der Waals surface area contributed by atoms with Crippen molar-refractivity contribution in [2.45, 2.75) is 33.6 Å². The van der Waals surface area contributed by atoms with Gasteiger partial charge in [-0.25, -0.2) is 9.97 Å². The Balaban J connectivity index is 1.56. The number of piperidine rings is 1. The zero-order valence-electron chi connectivity index (χ0n) is 17.8. The number of nitrogens with one attached hydrogen (secondary N) is 1. The molecule has 1 atom stereocenters. The lowest BCUT2D eigenvalue weighted by atomic mass is 9.97. The van der Waals surface area contributed by atoms with Crippen LogP contribution in [0.1, 0.15) is 30.9 Å². The van der Waals surface area contributed by atoms with Crippen LogP contribution in [0.4, 0.5) is 11.5 Å². The molecule has 156 valence electrons. The van der Waals surface area contributed by atoms with E-state index in [4.69, 9.17) is 9.72 Å². The van der Waals surface area contributed by atoms with Crippen LogP contribution in [0.25, 0.3) is 11.0 Å². The van der Waals surface area contributed by atoms with Gasteiger partial charge in [-0.15, -0.1) is 0 Å². The molecule has 6 heteroatoms. The molecule has 0 bridgehead atoms. The lowest BCUT2D eigenvalue weighted by molar-refractivity contribution is -0.120. The molecule has 1 saturated heterocycles. The van der Waals surface area contributed by atoms with Crippen molar-refractivity contribution in [2.75, 3.05) is 29.9 Å². The highest BCUT2D eigenvalue weighted by atomic mass is 16.5. The fourth-order valence-electron chi connectivity index (χ4n) is 4.09. The van der Waals surface area contributed by atoms with Gasteiger partial charge in [-0.3, -0.25) is 4.79 Å². The van der Waals surface area contributed by atoms with Crippen LogP contribution < -0.4 is 15.0 Å². The Morgan fingerprint density at radius 2 is 1.83 bits per heavy atom. The van der Waals surface area contributed by atoms with Crippen molar-refractivity contribution in [1.29, 1.82) is 0 Å².